The molecule has 0 amide bonds. The molecule has 0 saturated carbocycles. The van der Waals surface area contributed by atoms with Gasteiger partial charge in [0.05, 0.1) is 16.7 Å². The first-order valence-corrected chi connectivity index (χ1v) is 25.1. The highest BCUT2D eigenvalue weighted by Gasteiger charge is 2.19. The molecule has 3 heteroatoms. The fraction of sp³-hybridized carbons (Fsp3) is 0. The van der Waals surface area contributed by atoms with Gasteiger partial charge in [0, 0.05) is 49.6 Å². The minimum atomic E-state index is 0.909. The summed E-state index contributed by atoms with van der Waals surface area (Å²) in [4.78, 5) is 2.37. The van der Waals surface area contributed by atoms with Crippen molar-refractivity contribution in [2.75, 3.05) is 4.90 Å². The number of fused-ring (bicyclic) bond motifs is 13. The zero-order chi connectivity index (χ0) is 48.0. The van der Waals surface area contributed by atoms with E-state index in [9.17, 15) is 0 Å². The third-order valence-electron chi connectivity index (χ3n) is 15.2. The number of aromatic nitrogens is 1. The molecule has 0 bridgehead atoms. The van der Waals surface area contributed by atoms with E-state index in [2.05, 4.69) is 264 Å². The van der Waals surface area contributed by atoms with Crippen LogP contribution >= 0.6 is 0 Å². The number of benzene rings is 13. The van der Waals surface area contributed by atoms with Gasteiger partial charge >= 0.3 is 0 Å². The van der Waals surface area contributed by atoms with Gasteiger partial charge in [0.25, 0.3) is 0 Å². The van der Waals surface area contributed by atoms with Crippen LogP contribution in [-0.4, -0.2) is 4.57 Å². The second-order valence-corrected chi connectivity index (χ2v) is 19.2. The zero-order valence-electron chi connectivity index (χ0n) is 39.7. The summed E-state index contributed by atoms with van der Waals surface area (Å²) in [5.74, 6) is 0. The minimum Gasteiger partial charge on any atom is -0.455 e. The van der Waals surface area contributed by atoms with Crippen LogP contribution in [-0.2, 0) is 0 Å². The van der Waals surface area contributed by atoms with Crippen molar-refractivity contribution in [2.24, 2.45) is 0 Å². The predicted molar refractivity (Wildman–Crippen MR) is 309 cm³/mol. The van der Waals surface area contributed by atoms with E-state index in [1.807, 2.05) is 12.1 Å². The minimum absolute atomic E-state index is 0.909. The van der Waals surface area contributed by atoms with Crippen LogP contribution in [0.25, 0.3) is 126 Å². The topological polar surface area (TPSA) is 21.3 Å². The van der Waals surface area contributed by atoms with Gasteiger partial charge in [-0.1, -0.05) is 194 Å². The fourth-order valence-electron chi connectivity index (χ4n) is 11.7. The monoisotopic (exact) mass is 928 g/mol. The second kappa shape index (κ2) is 16.4. The molecule has 0 saturated heterocycles. The average Bonchev–Trinajstić information content (AvgIpc) is 4.01. The summed E-state index contributed by atoms with van der Waals surface area (Å²) in [6.07, 6.45) is 0. The third kappa shape index (κ3) is 6.60. The Morgan fingerprint density at radius 2 is 0.781 bits per heavy atom. The SMILES string of the molecule is c1ccc(N(c2ccc(-c3ccc4c(c3)c3cc(-c5ccc(-c6cccc7c6oc6ccccc67)cc5)ccc3n4-c3ccc4c5ccccc5c5ccccc5c4c3)cc2)c2cccc3ccccc23)cc1. The molecule has 0 radical (unpaired) electrons. The smallest absolute Gasteiger partial charge is 0.143 e. The largest absolute Gasteiger partial charge is 0.455 e. The van der Waals surface area contributed by atoms with Crippen molar-refractivity contribution in [1.29, 1.82) is 0 Å². The fourth-order valence-corrected chi connectivity index (χ4v) is 11.7. The van der Waals surface area contributed by atoms with Gasteiger partial charge in [-0.15, -0.1) is 0 Å². The molecule has 73 heavy (non-hydrogen) atoms. The summed E-state index contributed by atoms with van der Waals surface area (Å²) in [6.45, 7) is 0. The molecular weight excluding hydrogens is 885 g/mol. The lowest BCUT2D eigenvalue weighted by atomic mass is 9.94. The summed E-state index contributed by atoms with van der Waals surface area (Å²) in [5, 5.41) is 14.7. The van der Waals surface area contributed by atoms with Crippen LogP contribution in [0.2, 0.25) is 0 Å². The highest BCUT2D eigenvalue weighted by Crippen LogP contribution is 2.43. The van der Waals surface area contributed by atoms with E-state index in [1.54, 1.807) is 0 Å². The Kier molecular flexibility index (Phi) is 9.26. The number of para-hydroxylation sites is 3. The van der Waals surface area contributed by atoms with Gasteiger partial charge in [0.1, 0.15) is 11.2 Å². The Bertz CT molecular complexity index is 4620. The van der Waals surface area contributed by atoms with Crippen molar-refractivity contribution in [1.82, 2.24) is 4.57 Å². The van der Waals surface area contributed by atoms with Gasteiger partial charge in [0.2, 0.25) is 0 Å². The first-order chi connectivity index (χ1) is 36.2. The highest BCUT2D eigenvalue weighted by molar-refractivity contribution is 6.26. The standard InChI is InChI=1S/C70H44N2O/c1-2-16-51(17-3-1)71(66-26-12-15-47-14-4-5-18-54(47)66)52-36-32-46(33-37-52)50-35-41-68-65(43-50)64-42-49(45-28-30-48(31-29-45)55-24-13-25-62-61-23-10-11-27-69(61)73-70(55)62)34-40-67(64)72(68)53-38-39-60-58-21-7-6-19-56(58)57-20-8-9-22-59(57)63(60)44-53/h1-44H. The average molecular weight is 929 g/mol. The van der Waals surface area contributed by atoms with Gasteiger partial charge in [0.15, 0.2) is 0 Å². The van der Waals surface area contributed by atoms with Crippen LogP contribution < -0.4 is 4.90 Å². The van der Waals surface area contributed by atoms with Gasteiger partial charge in [-0.2, -0.15) is 0 Å². The maximum atomic E-state index is 6.45. The van der Waals surface area contributed by atoms with Gasteiger partial charge in [-0.3, -0.25) is 0 Å². The summed E-state index contributed by atoms with van der Waals surface area (Å²) in [6, 6.07) is 97.3. The molecule has 15 rings (SSSR count). The molecule has 13 aromatic carbocycles. The molecule has 0 aliphatic rings. The lowest BCUT2D eigenvalue weighted by Gasteiger charge is -2.27. The summed E-state index contributed by atoms with van der Waals surface area (Å²) in [7, 11) is 0. The molecule has 2 aromatic heterocycles. The number of nitrogens with zero attached hydrogens (tertiary/aromatic N) is 2. The van der Waals surface area contributed by atoms with Crippen LogP contribution in [0.4, 0.5) is 17.1 Å². The van der Waals surface area contributed by atoms with Crippen molar-refractivity contribution in [3.05, 3.63) is 267 Å². The Hall–Kier alpha value is -9.70. The maximum absolute atomic E-state index is 6.45. The molecule has 340 valence electrons. The predicted octanol–water partition coefficient (Wildman–Crippen LogP) is 19.8. The number of hydrogen-bond donors (Lipinski definition) is 0. The number of hydrogen-bond acceptors (Lipinski definition) is 2. The van der Waals surface area contributed by atoms with Crippen LogP contribution in [0.5, 0.6) is 0 Å². The third-order valence-corrected chi connectivity index (χ3v) is 15.2. The van der Waals surface area contributed by atoms with Crippen molar-refractivity contribution in [2.45, 2.75) is 0 Å². The normalized spacial score (nSPS) is 11.8. The molecule has 0 unspecified atom stereocenters. The Labute approximate surface area is 421 Å². The first-order valence-electron chi connectivity index (χ1n) is 25.1. The van der Waals surface area contributed by atoms with Crippen molar-refractivity contribution >= 4 is 104 Å². The molecule has 15 aromatic rings. The van der Waals surface area contributed by atoms with Crippen molar-refractivity contribution < 1.29 is 4.42 Å². The maximum Gasteiger partial charge on any atom is 0.143 e. The van der Waals surface area contributed by atoms with Crippen molar-refractivity contribution in [3.63, 3.8) is 0 Å². The molecule has 0 atom stereocenters. The summed E-state index contributed by atoms with van der Waals surface area (Å²) < 4.78 is 8.91. The number of rotatable bonds is 7. The van der Waals surface area contributed by atoms with Crippen LogP contribution in [0, 0.1) is 0 Å². The Morgan fingerprint density at radius 1 is 0.288 bits per heavy atom. The van der Waals surface area contributed by atoms with E-state index in [-0.39, 0.29) is 0 Å². The lowest BCUT2D eigenvalue weighted by molar-refractivity contribution is 0.670. The molecule has 0 aliphatic carbocycles. The zero-order valence-corrected chi connectivity index (χ0v) is 39.7. The molecular formula is C70H44N2O. The van der Waals surface area contributed by atoms with Crippen molar-refractivity contribution in [3.8, 4) is 39.1 Å². The van der Waals surface area contributed by atoms with E-state index < -0.39 is 0 Å². The van der Waals surface area contributed by atoms with Gasteiger partial charge in [-0.05, 0) is 138 Å². The molecule has 0 fully saturated rings. The Morgan fingerprint density at radius 3 is 1.47 bits per heavy atom. The molecule has 0 aliphatic heterocycles. The second-order valence-electron chi connectivity index (χ2n) is 19.2. The molecule has 2 heterocycles. The summed E-state index contributed by atoms with van der Waals surface area (Å²) in [5.41, 5.74) is 15.5. The Balaban J connectivity index is 0.880. The van der Waals surface area contributed by atoms with E-state index in [0.29, 0.717) is 0 Å². The summed E-state index contributed by atoms with van der Waals surface area (Å²) >= 11 is 0. The first kappa shape index (κ1) is 41.1. The van der Waals surface area contributed by atoms with Gasteiger partial charge < -0.3 is 13.9 Å². The van der Waals surface area contributed by atoms with E-state index in [1.165, 1.54) is 65.0 Å². The van der Waals surface area contributed by atoms with Crippen LogP contribution in [0.3, 0.4) is 0 Å². The van der Waals surface area contributed by atoms with E-state index in [0.717, 1.165) is 78.0 Å². The number of anilines is 3. The molecule has 0 spiro atoms. The van der Waals surface area contributed by atoms with E-state index in [4.69, 9.17) is 4.42 Å². The lowest BCUT2D eigenvalue weighted by Crippen LogP contribution is -2.10. The highest BCUT2D eigenvalue weighted by atomic mass is 16.3. The van der Waals surface area contributed by atoms with Crippen LogP contribution in [0.15, 0.2) is 271 Å². The van der Waals surface area contributed by atoms with E-state index >= 15 is 0 Å². The molecule has 3 nitrogen and oxygen atoms in total. The molecule has 0 N–H and O–H groups in total. The van der Waals surface area contributed by atoms with Crippen LogP contribution in [0.1, 0.15) is 0 Å². The quantitative estimate of drug-likeness (QED) is 0.149. The number of furan rings is 1. The van der Waals surface area contributed by atoms with Gasteiger partial charge in [-0.25, -0.2) is 0 Å².